The van der Waals surface area contributed by atoms with Crippen LogP contribution in [0, 0.1) is 0 Å². The van der Waals surface area contributed by atoms with Gasteiger partial charge in [0.25, 0.3) is 0 Å². The molecule has 0 aliphatic heterocycles. The van der Waals surface area contributed by atoms with Crippen LogP contribution in [0.15, 0.2) is 83.8 Å². The van der Waals surface area contributed by atoms with Crippen LogP contribution in [0.5, 0.6) is 0 Å². The summed E-state index contributed by atoms with van der Waals surface area (Å²) in [5, 5.41) is 3.63. The molecule has 0 fully saturated rings. The Bertz CT molecular complexity index is 1330. The van der Waals surface area contributed by atoms with E-state index in [4.69, 9.17) is 11.6 Å². The van der Waals surface area contributed by atoms with Gasteiger partial charge in [0.1, 0.15) is 6.04 Å². The van der Waals surface area contributed by atoms with E-state index in [-0.39, 0.29) is 29.7 Å². The van der Waals surface area contributed by atoms with Crippen molar-refractivity contribution in [1.82, 2.24) is 14.9 Å². The lowest BCUT2D eigenvalue weighted by molar-refractivity contribution is -0.141. The maximum Gasteiger partial charge on any atom is 0.247 e. The second kappa shape index (κ2) is 15.6. The predicted octanol–water partition coefficient (Wildman–Crippen LogP) is 5.65. The van der Waals surface area contributed by atoms with Crippen LogP contribution in [0.2, 0.25) is 5.02 Å². The smallest absolute Gasteiger partial charge is 0.247 e. The molecule has 0 aliphatic rings. The molecular weight excluding hydrogens is 546 g/mol. The van der Waals surface area contributed by atoms with Crippen LogP contribution < -0.4 is 10.0 Å². The van der Waals surface area contributed by atoms with Gasteiger partial charge in [-0.2, -0.15) is 0 Å². The number of nitrogens with zero attached hydrogens (tertiary/aromatic N) is 1. The van der Waals surface area contributed by atoms with E-state index in [1.807, 2.05) is 42.5 Å². The number of sulfonamides is 1. The maximum atomic E-state index is 13.8. The van der Waals surface area contributed by atoms with Gasteiger partial charge in [0.15, 0.2) is 0 Å². The quantitative estimate of drug-likeness (QED) is 0.226. The summed E-state index contributed by atoms with van der Waals surface area (Å²) in [4.78, 5) is 29.2. The van der Waals surface area contributed by atoms with Crippen LogP contribution in [-0.4, -0.2) is 38.2 Å². The van der Waals surface area contributed by atoms with Crippen molar-refractivity contribution in [2.24, 2.45) is 0 Å². The Kier molecular flexibility index (Phi) is 12.2. The summed E-state index contributed by atoms with van der Waals surface area (Å²) < 4.78 is 27.0. The van der Waals surface area contributed by atoms with Crippen LogP contribution in [0.1, 0.15) is 62.3 Å². The molecule has 0 saturated heterocycles. The first-order valence-corrected chi connectivity index (χ1v) is 15.6. The lowest BCUT2D eigenvalue weighted by atomic mass is 10.0. The molecule has 0 heterocycles. The number of aryl methyl sites for hydroxylation is 1. The molecule has 2 amide bonds. The minimum atomic E-state index is -3.55. The number of rotatable bonds is 15. The molecule has 9 heteroatoms. The molecule has 0 radical (unpaired) electrons. The molecular formula is C31H38ClN3O4S. The molecule has 0 unspecified atom stereocenters. The van der Waals surface area contributed by atoms with Crippen molar-refractivity contribution in [3.05, 3.63) is 101 Å². The number of hydrogen-bond acceptors (Lipinski definition) is 4. The zero-order valence-electron chi connectivity index (χ0n) is 23.1. The Hall–Kier alpha value is -3.20. The average Bonchev–Trinajstić information content (AvgIpc) is 2.95. The predicted molar refractivity (Wildman–Crippen MR) is 159 cm³/mol. The number of benzene rings is 3. The zero-order chi connectivity index (χ0) is 29.0. The summed E-state index contributed by atoms with van der Waals surface area (Å²) in [6.45, 7) is 4.91. The standard InChI is InChI=1S/C31H38ClN3O4S/c1-3-5-9-22-33-31(37)30(26-10-7-6-8-11-26)35(23-25-12-17-27(32)18-13-25)29(36)21-16-24-14-19-28(20-15-24)40(38,39)34-4-2/h6-8,10-15,17-20,30,34H,3-5,9,16,21-23H2,1-2H3,(H,33,37)/t30-/m1/s1. The summed E-state index contributed by atoms with van der Waals surface area (Å²) >= 11 is 6.09. The van der Waals surface area contributed by atoms with E-state index >= 15 is 0 Å². The van der Waals surface area contributed by atoms with Crippen LogP contribution in [0.4, 0.5) is 0 Å². The van der Waals surface area contributed by atoms with Crippen molar-refractivity contribution in [3.63, 3.8) is 0 Å². The lowest BCUT2D eigenvalue weighted by Crippen LogP contribution is -2.43. The molecule has 0 aromatic heterocycles. The minimum Gasteiger partial charge on any atom is -0.354 e. The van der Waals surface area contributed by atoms with Crippen molar-refractivity contribution in [2.45, 2.75) is 63.4 Å². The molecule has 40 heavy (non-hydrogen) atoms. The largest absolute Gasteiger partial charge is 0.354 e. The molecule has 0 bridgehead atoms. The Morgan fingerprint density at radius 2 is 1.52 bits per heavy atom. The highest BCUT2D eigenvalue weighted by molar-refractivity contribution is 7.89. The average molecular weight is 584 g/mol. The highest BCUT2D eigenvalue weighted by Crippen LogP contribution is 2.26. The maximum absolute atomic E-state index is 13.8. The van der Waals surface area contributed by atoms with E-state index < -0.39 is 16.1 Å². The fraction of sp³-hybridized carbons (Fsp3) is 0.355. The monoisotopic (exact) mass is 583 g/mol. The topological polar surface area (TPSA) is 95.6 Å². The van der Waals surface area contributed by atoms with Gasteiger partial charge in [-0.25, -0.2) is 13.1 Å². The van der Waals surface area contributed by atoms with Crippen molar-refractivity contribution in [3.8, 4) is 0 Å². The summed E-state index contributed by atoms with van der Waals surface area (Å²) in [7, 11) is -3.55. The van der Waals surface area contributed by atoms with E-state index in [0.29, 0.717) is 24.5 Å². The molecule has 214 valence electrons. The first-order valence-electron chi connectivity index (χ1n) is 13.7. The fourth-order valence-electron chi connectivity index (χ4n) is 4.40. The summed E-state index contributed by atoms with van der Waals surface area (Å²) in [6, 6.07) is 22.3. The van der Waals surface area contributed by atoms with Crippen molar-refractivity contribution in [1.29, 1.82) is 0 Å². The third-order valence-corrected chi connectivity index (χ3v) is 8.35. The second-order valence-corrected chi connectivity index (χ2v) is 11.8. The first kappa shape index (κ1) is 31.3. The molecule has 0 aliphatic carbocycles. The number of amides is 2. The van der Waals surface area contributed by atoms with Gasteiger partial charge < -0.3 is 10.2 Å². The number of unbranched alkanes of at least 4 members (excludes halogenated alkanes) is 2. The third kappa shape index (κ3) is 9.18. The van der Waals surface area contributed by atoms with Gasteiger partial charge in [-0.1, -0.05) is 92.9 Å². The molecule has 3 rings (SSSR count). The normalized spacial score (nSPS) is 12.1. The van der Waals surface area contributed by atoms with E-state index in [9.17, 15) is 18.0 Å². The lowest BCUT2D eigenvalue weighted by Gasteiger charge is -2.32. The van der Waals surface area contributed by atoms with Gasteiger partial charge in [-0.05, 0) is 53.8 Å². The number of carbonyl (C=O) groups is 2. The number of hydrogen-bond donors (Lipinski definition) is 2. The SMILES string of the molecule is CCCCCNC(=O)[C@@H](c1ccccc1)N(Cc1ccc(Cl)cc1)C(=O)CCc1ccc(S(=O)(=O)NCC)cc1. The van der Waals surface area contributed by atoms with Gasteiger partial charge in [0.05, 0.1) is 4.90 Å². The van der Waals surface area contributed by atoms with Gasteiger partial charge in [-0.15, -0.1) is 0 Å². The number of nitrogens with one attached hydrogen (secondary N) is 2. The van der Waals surface area contributed by atoms with Gasteiger partial charge in [0.2, 0.25) is 21.8 Å². The zero-order valence-corrected chi connectivity index (χ0v) is 24.7. The van der Waals surface area contributed by atoms with Crippen molar-refractivity contribution < 1.29 is 18.0 Å². The van der Waals surface area contributed by atoms with E-state index in [0.717, 1.165) is 36.0 Å². The molecule has 1 atom stereocenters. The first-order chi connectivity index (χ1) is 19.2. The van der Waals surface area contributed by atoms with Crippen LogP contribution in [0.3, 0.4) is 0 Å². The van der Waals surface area contributed by atoms with Gasteiger partial charge in [0, 0.05) is 31.1 Å². The van der Waals surface area contributed by atoms with Gasteiger partial charge >= 0.3 is 0 Å². The highest BCUT2D eigenvalue weighted by Gasteiger charge is 2.31. The molecule has 7 nitrogen and oxygen atoms in total. The molecule has 3 aromatic carbocycles. The van der Waals surface area contributed by atoms with E-state index in [1.54, 1.807) is 48.2 Å². The number of carbonyl (C=O) groups excluding carboxylic acids is 2. The van der Waals surface area contributed by atoms with Crippen LogP contribution >= 0.6 is 11.6 Å². The Labute approximate surface area is 243 Å². The van der Waals surface area contributed by atoms with E-state index in [1.165, 1.54) is 0 Å². The Morgan fingerprint density at radius 1 is 0.875 bits per heavy atom. The molecule has 0 spiro atoms. The van der Waals surface area contributed by atoms with Crippen molar-refractivity contribution in [2.75, 3.05) is 13.1 Å². The van der Waals surface area contributed by atoms with Crippen molar-refractivity contribution >= 4 is 33.4 Å². The Balaban J connectivity index is 1.86. The number of halogens is 1. The fourth-order valence-corrected chi connectivity index (χ4v) is 5.57. The molecule has 2 N–H and O–H groups in total. The highest BCUT2D eigenvalue weighted by atomic mass is 35.5. The van der Waals surface area contributed by atoms with Gasteiger partial charge in [-0.3, -0.25) is 9.59 Å². The summed E-state index contributed by atoms with van der Waals surface area (Å²) in [5.41, 5.74) is 2.42. The van der Waals surface area contributed by atoms with Crippen LogP contribution in [-0.2, 0) is 32.6 Å². The third-order valence-electron chi connectivity index (χ3n) is 6.54. The summed E-state index contributed by atoms with van der Waals surface area (Å²) in [5.74, 6) is -0.403. The second-order valence-electron chi connectivity index (χ2n) is 9.60. The summed E-state index contributed by atoms with van der Waals surface area (Å²) in [6.07, 6.45) is 3.48. The Morgan fingerprint density at radius 3 is 2.15 bits per heavy atom. The van der Waals surface area contributed by atoms with Crippen LogP contribution in [0.25, 0.3) is 0 Å². The molecule has 3 aromatic rings. The minimum absolute atomic E-state index is 0.152. The van der Waals surface area contributed by atoms with E-state index in [2.05, 4.69) is 17.0 Å². The molecule has 0 saturated carbocycles.